The Kier molecular flexibility index (Phi) is 4.42. The molecule has 0 amide bonds. The van der Waals surface area contributed by atoms with Gasteiger partial charge in [0.2, 0.25) is 0 Å². The molecule has 26 heavy (non-hydrogen) atoms. The minimum absolute atomic E-state index is 0.374. The number of fused-ring (bicyclic) bond motifs is 1. The van der Waals surface area contributed by atoms with Crippen molar-refractivity contribution in [2.24, 2.45) is 0 Å². The van der Waals surface area contributed by atoms with Crippen molar-refractivity contribution in [1.29, 1.82) is 0 Å². The first-order valence-electron chi connectivity index (χ1n) is 8.43. The van der Waals surface area contributed by atoms with E-state index in [1.54, 1.807) is 12.3 Å². The Morgan fingerprint density at radius 2 is 1.88 bits per heavy atom. The highest BCUT2D eigenvalue weighted by Crippen LogP contribution is 2.39. The van der Waals surface area contributed by atoms with Crippen molar-refractivity contribution in [3.05, 3.63) is 54.2 Å². The maximum atomic E-state index is 14.8. The summed E-state index contributed by atoms with van der Waals surface area (Å²) in [5, 5.41) is 1.10. The third-order valence-electron chi connectivity index (χ3n) is 4.60. The van der Waals surface area contributed by atoms with E-state index in [0.717, 1.165) is 0 Å². The second kappa shape index (κ2) is 6.88. The van der Waals surface area contributed by atoms with Crippen molar-refractivity contribution in [2.45, 2.75) is 0 Å². The Balaban J connectivity index is 1.97. The first-order chi connectivity index (χ1) is 12.7. The second-order valence-electron chi connectivity index (χ2n) is 6.10. The second-order valence-corrected chi connectivity index (χ2v) is 6.10. The van der Waals surface area contributed by atoms with Gasteiger partial charge in [0.15, 0.2) is 0 Å². The molecule has 4 rings (SSSR count). The van der Waals surface area contributed by atoms with Gasteiger partial charge in [-0.25, -0.2) is 13.8 Å². The zero-order valence-corrected chi connectivity index (χ0v) is 14.3. The summed E-state index contributed by atoms with van der Waals surface area (Å²) in [7, 11) is 1.50. The standard InChI is InChI=1S/C20H18F2N2O2/c1-25-18-6-5-13(21)11-15(18)16-12-23-20(24-7-9-26-10-8-24)14-3-2-4-17(22)19(14)16/h2-6,11-12H,7-10H2,1H3. The van der Waals surface area contributed by atoms with Crippen molar-refractivity contribution in [1.82, 2.24) is 4.98 Å². The van der Waals surface area contributed by atoms with Gasteiger partial charge in [-0.15, -0.1) is 0 Å². The van der Waals surface area contributed by atoms with E-state index in [4.69, 9.17) is 9.47 Å². The van der Waals surface area contributed by atoms with Gasteiger partial charge in [-0.2, -0.15) is 0 Å². The molecule has 0 aliphatic carbocycles. The topological polar surface area (TPSA) is 34.6 Å². The summed E-state index contributed by atoms with van der Waals surface area (Å²) in [6, 6.07) is 9.10. The van der Waals surface area contributed by atoms with Gasteiger partial charge in [0.25, 0.3) is 0 Å². The Bertz CT molecular complexity index is 956. The van der Waals surface area contributed by atoms with Crippen LogP contribution in [0.4, 0.5) is 14.6 Å². The third-order valence-corrected chi connectivity index (χ3v) is 4.60. The maximum absolute atomic E-state index is 14.8. The number of nitrogens with zero attached hydrogens (tertiary/aromatic N) is 2. The largest absolute Gasteiger partial charge is 0.496 e. The number of anilines is 1. The SMILES string of the molecule is COc1ccc(F)cc1-c1cnc(N2CCOCC2)c2cccc(F)c12. The zero-order chi connectivity index (χ0) is 18.1. The highest BCUT2D eigenvalue weighted by molar-refractivity contribution is 6.03. The van der Waals surface area contributed by atoms with Crippen LogP contribution in [-0.2, 0) is 4.74 Å². The molecule has 1 fully saturated rings. The molecule has 1 aliphatic rings. The van der Waals surface area contributed by atoms with Crippen LogP contribution in [-0.4, -0.2) is 38.4 Å². The predicted octanol–water partition coefficient (Wildman–Crippen LogP) is 4.03. The molecular formula is C20H18F2N2O2. The fourth-order valence-corrected chi connectivity index (χ4v) is 3.37. The summed E-state index contributed by atoms with van der Waals surface area (Å²) in [4.78, 5) is 6.66. The highest BCUT2D eigenvalue weighted by Gasteiger charge is 2.20. The van der Waals surface area contributed by atoms with E-state index in [0.29, 0.717) is 59.8 Å². The predicted molar refractivity (Wildman–Crippen MR) is 96.7 cm³/mol. The number of rotatable bonds is 3. The lowest BCUT2D eigenvalue weighted by atomic mass is 9.98. The molecule has 4 nitrogen and oxygen atoms in total. The van der Waals surface area contributed by atoms with E-state index in [1.165, 1.54) is 31.4 Å². The fourth-order valence-electron chi connectivity index (χ4n) is 3.37. The number of pyridine rings is 1. The van der Waals surface area contributed by atoms with Gasteiger partial charge in [0.1, 0.15) is 23.2 Å². The number of methoxy groups -OCH3 is 1. The normalized spacial score (nSPS) is 14.7. The van der Waals surface area contributed by atoms with Crippen LogP contribution >= 0.6 is 0 Å². The van der Waals surface area contributed by atoms with Crippen LogP contribution in [0.3, 0.4) is 0 Å². The smallest absolute Gasteiger partial charge is 0.136 e. The Morgan fingerprint density at radius 3 is 2.65 bits per heavy atom. The molecule has 134 valence electrons. The van der Waals surface area contributed by atoms with Crippen LogP contribution in [0.5, 0.6) is 5.75 Å². The summed E-state index contributed by atoms with van der Waals surface area (Å²) in [5.74, 6) is 0.391. The van der Waals surface area contributed by atoms with Crippen molar-refractivity contribution >= 4 is 16.6 Å². The van der Waals surface area contributed by atoms with E-state index in [2.05, 4.69) is 9.88 Å². The molecular weight excluding hydrogens is 338 g/mol. The Labute approximate surface area is 150 Å². The number of halogens is 2. The lowest BCUT2D eigenvalue weighted by molar-refractivity contribution is 0.122. The number of hydrogen-bond donors (Lipinski definition) is 0. The van der Waals surface area contributed by atoms with E-state index in [1.807, 2.05) is 6.07 Å². The van der Waals surface area contributed by atoms with Gasteiger partial charge in [-0.3, -0.25) is 0 Å². The molecule has 0 saturated carbocycles. The summed E-state index contributed by atoms with van der Waals surface area (Å²) < 4.78 is 39.4. The quantitative estimate of drug-likeness (QED) is 0.710. The first kappa shape index (κ1) is 16.7. The molecule has 0 bridgehead atoms. The summed E-state index contributed by atoms with van der Waals surface area (Å²) >= 11 is 0. The van der Waals surface area contributed by atoms with E-state index in [9.17, 15) is 8.78 Å². The van der Waals surface area contributed by atoms with Gasteiger partial charge in [-0.1, -0.05) is 12.1 Å². The number of benzene rings is 2. The van der Waals surface area contributed by atoms with Crippen molar-refractivity contribution < 1.29 is 18.3 Å². The molecule has 2 heterocycles. The molecule has 6 heteroatoms. The molecule has 0 unspecified atom stereocenters. The number of hydrogen-bond acceptors (Lipinski definition) is 4. The monoisotopic (exact) mass is 356 g/mol. The Morgan fingerprint density at radius 1 is 1.08 bits per heavy atom. The minimum Gasteiger partial charge on any atom is -0.496 e. The summed E-state index contributed by atoms with van der Waals surface area (Å²) in [6.45, 7) is 2.61. The van der Waals surface area contributed by atoms with Gasteiger partial charge >= 0.3 is 0 Å². The van der Waals surface area contributed by atoms with E-state index < -0.39 is 5.82 Å². The third kappa shape index (κ3) is 2.86. The Hall–Kier alpha value is -2.73. The molecule has 0 spiro atoms. The van der Waals surface area contributed by atoms with Crippen molar-refractivity contribution in [2.75, 3.05) is 38.3 Å². The van der Waals surface area contributed by atoms with Crippen LogP contribution in [0.1, 0.15) is 0 Å². The fraction of sp³-hybridized carbons (Fsp3) is 0.250. The molecule has 1 aliphatic heterocycles. The lowest BCUT2D eigenvalue weighted by Crippen LogP contribution is -2.36. The number of aromatic nitrogens is 1. The molecule has 1 aromatic heterocycles. The first-order valence-corrected chi connectivity index (χ1v) is 8.43. The van der Waals surface area contributed by atoms with Crippen LogP contribution in [0, 0.1) is 11.6 Å². The van der Waals surface area contributed by atoms with Gasteiger partial charge in [-0.05, 0) is 24.3 Å². The average molecular weight is 356 g/mol. The van der Waals surface area contributed by atoms with Crippen molar-refractivity contribution in [3.8, 4) is 16.9 Å². The average Bonchev–Trinajstić information content (AvgIpc) is 2.68. The van der Waals surface area contributed by atoms with Crippen LogP contribution in [0.15, 0.2) is 42.6 Å². The lowest BCUT2D eigenvalue weighted by Gasteiger charge is -2.29. The zero-order valence-electron chi connectivity index (χ0n) is 14.3. The van der Waals surface area contributed by atoms with Gasteiger partial charge in [0, 0.05) is 41.2 Å². The van der Waals surface area contributed by atoms with Crippen LogP contribution in [0.25, 0.3) is 21.9 Å². The number of morpholine rings is 1. The number of ether oxygens (including phenoxy) is 2. The minimum atomic E-state index is -0.414. The van der Waals surface area contributed by atoms with E-state index >= 15 is 0 Å². The van der Waals surface area contributed by atoms with Crippen molar-refractivity contribution in [3.63, 3.8) is 0 Å². The molecule has 1 saturated heterocycles. The summed E-state index contributed by atoms with van der Waals surface area (Å²) in [5.41, 5.74) is 0.982. The molecule has 0 atom stereocenters. The molecule has 3 aromatic rings. The van der Waals surface area contributed by atoms with Gasteiger partial charge in [0.05, 0.1) is 20.3 Å². The van der Waals surface area contributed by atoms with E-state index in [-0.39, 0.29) is 5.82 Å². The molecule has 0 N–H and O–H groups in total. The molecule has 0 radical (unpaired) electrons. The van der Waals surface area contributed by atoms with Crippen LogP contribution < -0.4 is 9.64 Å². The highest BCUT2D eigenvalue weighted by atomic mass is 19.1. The summed E-state index contributed by atoms with van der Waals surface area (Å²) in [6.07, 6.45) is 1.59. The van der Waals surface area contributed by atoms with Gasteiger partial charge < -0.3 is 14.4 Å². The molecule has 2 aromatic carbocycles. The van der Waals surface area contributed by atoms with Crippen LogP contribution in [0.2, 0.25) is 0 Å². The maximum Gasteiger partial charge on any atom is 0.136 e.